The Morgan fingerprint density at radius 2 is 2.14 bits per heavy atom. The van der Waals surface area contributed by atoms with Gasteiger partial charge in [0, 0.05) is 24.7 Å². The summed E-state index contributed by atoms with van der Waals surface area (Å²) in [5, 5.41) is 9.41. The number of fused-ring (bicyclic) bond motifs is 1. The zero-order valence-corrected chi connectivity index (χ0v) is 12.1. The fraction of sp³-hybridized carbons (Fsp3) is 0.375. The molecule has 21 heavy (non-hydrogen) atoms. The van der Waals surface area contributed by atoms with Gasteiger partial charge in [-0.1, -0.05) is 13.0 Å². The Kier molecular flexibility index (Phi) is 4.75. The molecule has 0 fully saturated rings. The molecule has 0 saturated carbocycles. The van der Waals surface area contributed by atoms with Crippen molar-refractivity contribution in [3.05, 3.63) is 45.7 Å². The van der Waals surface area contributed by atoms with Crippen LogP contribution in [0.5, 0.6) is 0 Å². The molecule has 0 aliphatic carbocycles. The first-order chi connectivity index (χ1) is 10.1. The molecular formula is C16H20N2O3. The average Bonchev–Trinajstić information content (AvgIpc) is 2.47. The molecule has 3 N–H and O–H groups in total. The lowest BCUT2D eigenvalue weighted by Crippen LogP contribution is -2.24. The van der Waals surface area contributed by atoms with Gasteiger partial charge in [-0.3, -0.25) is 9.59 Å². The van der Waals surface area contributed by atoms with Crippen molar-refractivity contribution in [1.82, 2.24) is 4.57 Å². The summed E-state index contributed by atoms with van der Waals surface area (Å²) in [6.45, 7) is 2.86. The Morgan fingerprint density at radius 3 is 2.76 bits per heavy atom. The first kappa shape index (κ1) is 15.3. The maximum absolute atomic E-state index is 12.4. The van der Waals surface area contributed by atoms with E-state index in [4.69, 9.17) is 10.8 Å². The van der Waals surface area contributed by atoms with Gasteiger partial charge in [0.15, 0.2) is 0 Å². The Bertz CT molecular complexity index is 719. The number of nitrogens with two attached hydrogens (primary N) is 1. The number of nitrogens with zero attached hydrogens (tertiary/aromatic N) is 1. The number of carbonyl (C=O) groups is 1. The topological polar surface area (TPSA) is 85.3 Å². The van der Waals surface area contributed by atoms with E-state index in [1.165, 1.54) is 0 Å². The summed E-state index contributed by atoms with van der Waals surface area (Å²) in [6.07, 6.45) is 3.77. The number of rotatable bonds is 6. The maximum atomic E-state index is 12.4. The van der Waals surface area contributed by atoms with Crippen LogP contribution < -0.4 is 11.2 Å². The fourth-order valence-corrected chi connectivity index (χ4v) is 2.48. The number of aliphatic hydroxyl groups is 1. The van der Waals surface area contributed by atoms with Crippen LogP contribution in [0.4, 0.5) is 0 Å². The minimum Gasteiger partial charge on any atom is -0.396 e. The first-order valence-corrected chi connectivity index (χ1v) is 7.15. The third kappa shape index (κ3) is 3.13. The zero-order valence-electron chi connectivity index (χ0n) is 12.1. The van der Waals surface area contributed by atoms with E-state index in [0.717, 1.165) is 17.5 Å². The third-order valence-electron chi connectivity index (χ3n) is 3.50. The van der Waals surface area contributed by atoms with Gasteiger partial charge in [-0.25, -0.2) is 0 Å². The van der Waals surface area contributed by atoms with Crippen LogP contribution in [0.1, 0.15) is 35.7 Å². The van der Waals surface area contributed by atoms with Crippen LogP contribution in [0.15, 0.2) is 29.2 Å². The van der Waals surface area contributed by atoms with E-state index >= 15 is 0 Å². The van der Waals surface area contributed by atoms with Crippen molar-refractivity contribution in [2.24, 2.45) is 5.73 Å². The van der Waals surface area contributed by atoms with Crippen molar-refractivity contribution in [2.45, 2.75) is 32.7 Å². The van der Waals surface area contributed by atoms with Gasteiger partial charge in [0.05, 0.1) is 5.52 Å². The lowest BCUT2D eigenvalue weighted by atomic mass is 10.0. The Labute approximate surface area is 123 Å². The highest BCUT2D eigenvalue weighted by atomic mass is 16.2. The van der Waals surface area contributed by atoms with E-state index < -0.39 is 5.91 Å². The molecule has 1 heterocycles. The normalized spacial score (nSPS) is 11.0. The highest BCUT2D eigenvalue weighted by molar-refractivity contribution is 5.96. The molecular weight excluding hydrogens is 268 g/mol. The van der Waals surface area contributed by atoms with Crippen LogP contribution in [-0.4, -0.2) is 22.2 Å². The van der Waals surface area contributed by atoms with Gasteiger partial charge in [0.25, 0.3) is 5.91 Å². The van der Waals surface area contributed by atoms with E-state index in [1.54, 1.807) is 12.3 Å². The van der Waals surface area contributed by atoms with Gasteiger partial charge in [-0.2, -0.15) is 0 Å². The molecule has 0 aliphatic heterocycles. The first-order valence-electron chi connectivity index (χ1n) is 7.15. The third-order valence-corrected chi connectivity index (χ3v) is 3.50. The Balaban J connectivity index is 2.66. The molecule has 0 spiro atoms. The zero-order chi connectivity index (χ0) is 15.4. The number of benzene rings is 1. The molecule has 0 bridgehead atoms. The van der Waals surface area contributed by atoms with Crippen LogP contribution in [0.3, 0.4) is 0 Å². The van der Waals surface area contributed by atoms with Crippen molar-refractivity contribution >= 4 is 16.8 Å². The molecule has 2 rings (SSSR count). The molecule has 5 nitrogen and oxygen atoms in total. The van der Waals surface area contributed by atoms with E-state index in [9.17, 15) is 9.59 Å². The van der Waals surface area contributed by atoms with Gasteiger partial charge in [0.1, 0.15) is 5.56 Å². The second kappa shape index (κ2) is 6.54. The molecule has 112 valence electrons. The minimum absolute atomic E-state index is 0.0234. The van der Waals surface area contributed by atoms with E-state index in [-0.39, 0.29) is 17.6 Å². The smallest absolute Gasteiger partial charge is 0.254 e. The summed E-state index contributed by atoms with van der Waals surface area (Å²) in [6, 6.07) is 5.64. The van der Waals surface area contributed by atoms with Gasteiger partial charge in [0.2, 0.25) is 5.43 Å². The standard InChI is InChI=1S/C16H20N2O3/c1-2-7-18-10-13(16(17)21)15(20)12-9-11(4-3-8-19)5-6-14(12)18/h5-6,9-10,19H,2-4,7-8H2,1H3,(H2,17,21). The van der Waals surface area contributed by atoms with Crippen molar-refractivity contribution in [1.29, 1.82) is 0 Å². The summed E-state index contributed by atoms with van der Waals surface area (Å²) in [7, 11) is 0. The van der Waals surface area contributed by atoms with Crippen molar-refractivity contribution in [3.63, 3.8) is 0 Å². The lowest BCUT2D eigenvalue weighted by Gasteiger charge is -2.12. The molecule has 1 aromatic carbocycles. The summed E-state index contributed by atoms with van der Waals surface area (Å²) < 4.78 is 1.90. The molecule has 0 radical (unpaired) electrons. The number of primary amides is 1. The number of hydrogen-bond donors (Lipinski definition) is 2. The lowest BCUT2D eigenvalue weighted by molar-refractivity contribution is 0.0998. The molecule has 5 heteroatoms. The number of hydrogen-bond acceptors (Lipinski definition) is 3. The van der Waals surface area contributed by atoms with Crippen LogP contribution in [0.2, 0.25) is 0 Å². The van der Waals surface area contributed by atoms with E-state index in [0.29, 0.717) is 24.8 Å². The van der Waals surface area contributed by atoms with Crippen molar-refractivity contribution in [3.8, 4) is 0 Å². The fourth-order valence-electron chi connectivity index (χ4n) is 2.48. The van der Waals surface area contributed by atoms with Crippen molar-refractivity contribution in [2.75, 3.05) is 6.61 Å². The summed E-state index contributed by atoms with van der Waals surface area (Å²) in [4.78, 5) is 23.8. The monoisotopic (exact) mass is 288 g/mol. The largest absolute Gasteiger partial charge is 0.396 e. The number of aryl methyl sites for hydroxylation is 2. The molecule has 0 saturated heterocycles. The second-order valence-corrected chi connectivity index (χ2v) is 5.11. The predicted octanol–water partition coefficient (Wildman–Crippen LogP) is 1.44. The number of amides is 1. The molecule has 1 amide bonds. The van der Waals surface area contributed by atoms with Gasteiger partial charge >= 0.3 is 0 Å². The number of carbonyl (C=O) groups excluding carboxylic acids is 1. The van der Waals surface area contributed by atoms with Crippen LogP contribution >= 0.6 is 0 Å². The number of aromatic nitrogens is 1. The second-order valence-electron chi connectivity index (χ2n) is 5.11. The maximum Gasteiger partial charge on any atom is 0.254 e. The van der Waals surface area contributed by atoms with Crippen LogP contribution in [0.25, 0.3) is 10.9 Å². The van der Waals surface area contributed by atoms with Gasteiger partial charge in [-0.05, 0) is 37.0 Å². The molecule has 2 aromatic rings. The van der Waals surface area contributed by atoms with E-state index in [1.807, 2.05) is 23.6 Å². The minimum atomic E-state index is -0.701. The Hall–Kier alpha value is -2.14. The summed E-state index contributed by atoms with van der Waals surface area (Å²) in [5.41, 5.74) is 6.78. The molecule has 0 atom stereocenters. The molecule has 1 aromatic heterocycles. The quantitative estimate of drug-likeness (QED) is 0.843. The van der Waals surface area contributed by atoms with Crippen LogP contribution in [0, 0.1) is 0 Å². The molecule has 0 unspecified atom stereocenters. The SMILES string of the molecule is CCCn1cc(C(N)=O)c(=O)c2cc(CCCO)ccc21. The van der Waals surface area contributed by atoms with Gasteiger partial charge in [-0.15, -0.1) is 0 Å². The average molecular weight is 288 g/mol. The number of pyridine rings is 1. The van der Waals surface area contributed by atoms with Crippen LogP contribution in [-0.2, 0) is 13.0 Å². The van der Waals surface area contributed by atoms with E-state index in [2.05, 4.69) is 0 Å². The Morgan fingerprint density at radius 1 is 1.38 bits per heavy atom. The highest BCUT2D eigenvalue weighted by Gasteiger charge is 2.13. The predicted molar refractivity (Wildman–Crippen MR) is 82.4 cm³/mol. The highest BCUT2D eigenvalue weighted by Crippen LogP contribution is 2.16. The summed E-state index contributed by atoms with van der Waals surface area (Å²) >= 11 is 0. The van der Waals surface area contributed by atoms with Crippen molar-refractivity contribution < 1.29 is 9.90 Å². The summed E-state index contributed by atoms with van der Waals surface area (Å²) in [5.74, 6) is -0.701. The number of aliphatic hydroxyl groups excluding tert-OH is 1. The van der Waals surface area contributed by atoms with Gasteiger partial charge < -0.3 is 15.4 Å². The molecule has 0 aliphatic rings.